The van der Waals surface area contributed by atoms with Gasteiger partial charge >= 0.3 is 0 Å². The molecule has 2 fully saturated rings. The fraction of sp³-hybridized carbons (Fsp3) is 0.625. The lowest BCUT2D eigenvalue weighted by molar-refractivity contribution is -0.139. The van der Waals surface area contributed by atoms with Crippen LogP contribution in [0.15, 0.2) is 29.4 Å². The van der Waals surface area contributed by atoms with E-state index in [0.717, 1.165) is 19.6 Å². The molecular weight excluding hydrogens is 399 g/mol. The van der Waals surface area contributed by atoms with Crippen molar-refractivity contribution in [2.75, 3.05) is 32.7 Å². The molecule has 2 aliphatic rings. The van der Waals surface area contributed by atoms with Gasteiger partial charge in [0.05, 0.1) is 0 Å². The second-order valence-electron chi connectivity index (χ2n) is 6.45. The smallest absolute Gasteiger partial charge is 0.244 e. The minimum absolute atomic E-state index is 0. The quantitative estimate of drug-likeness (QED) is 0.786. The van der Waals surface area contributed by atoms with Crippen molar-refractivity contribution in [3.05, 3.63) is 24.5 Å². The number of pyridine rings is 1. The zero-order valence-corrected chi connectivity index (χ0v) is 17.2. The van der Waals surface area contributed by atoms with Crippen LogP contribution in [0.25, 0.3) is 0 Å². The van der Waals surface area contributed by atoms with Crippen LogP contribution in [0, 0.1) is 5.92 Å². The molecule has 0 saturated carbocycles. The summed E-state index contributed by atoms with van der Waals surface area (Å²) in [4.78, 5) is 18.7. The van der Waals surface area contributed by atoms with E-state index in [2.05, 4.69) is 10.3 Å². The highest BCUT2D eigenvalue weighted by atomic mass is 35.5. The van der Waals surface area contributed by atoms with Gasteiger partial charge in [0.25, 0.3) is 0 Å². The number of rotatable bonds is 3. The third-order valence-corrected chi connectivity index (χ3v) is 6.74. The molecule has 0 bridgehead atoms. The minimum Gasteiger partial charge on any atom is -0.337 e. The van der Waals surface area contributed by atoms with E-state index in [9.17, 15) is 13.2 Å². The Balaban J connectivity index is 0.00000169. The summed E-state index contributed by atoms with van der Waals surface area (Å²) in [6.45, 7) is 5.19. The van der Waals surface area contributed by atoms with Crippen LogP contribution >= 0.6 is 24.8 Å². The maximum atomic E-state index is 12.7. The van der Waals surface area contributed by atoms with Crippen molar-refractivity contribution in [3.63, 3.8) is 0 Å². The van der Waals surface area contributed by atoms with E-state index in [-0.39, 0.29) is 47.6 Å². The van der Waals surface area contributed by atoms with Crippen molar-refractivity contribution in [2.24, 2.45) is 5.92 Å². The van der Waals surface area contributed by atoms with Crippen LogP contribution in [0.1, 0.15) is 19.8 Å². The number of hydrogen-bond acceptors (Lipinski definition) is 5. The summed E-state index contributed by atoms with van der Waals surface area (Å²) in [5.41, 5.74) is 0. The number of carbonyl (C=O) groups is 1. The molecule has 3 rings (SSSR count). The first-order chi connectivity index (χ1) is 11.5. The molecule has 0 aliphatic carbocycles. The highest BCUT2D eigenvalue weighted by Crippen LogP contribution is 2.25. The van der Waals surface area contributed by atoms with Crippen LogP contribution in [0.5, 0.6) is 0 Å². The van der Waals surface area contributed by atoms with E-state index in [4.69, 9.17) is 0 Å². The lowest BCUT2D eigenvalue weighted by Gasteiger charge is -2.38. The number of piperidine rings is 1. The molecule has 2 aliphatic heterocycles. The summed E-state index contributed by atoms with van der Waals surface area (Å²) < 4.78 is 26.7. The number of nitrogens with zero attached hydrogens (tertiary/aromatic N) is 3. The largest absolute Gasteiger partial charge is 0.337 e. The van der Waals surface area contributed by atoms with Crippen molar-refractivity contribution in [1.29, 1.82) is 0 Å². The molecule has 0 unspecified atom stereocenters. The molecule has 26 heavy (non-hydrogen) atoms. The second kappa shape index (κ2) is 9.85. The molecule has 1 aromatic rings. The number of hydrogen-bond donors (Lipinski definition) is 1. The molecule has 1 N–H and O–H groups in total. The number of aromatic nitrogens is 1. The Labute approximate surface area is 167 Å². The third-order valence-electron chi connectivity index (χ3n) is 4.86. The van der Waals surface area contributed by atoms with Gasteiger partial charge in [0.15, 0.2) is 0 Å². The van der Waals surface area contributed by atoms with Crippen LogP contribution in [-0.4, -0.2) is 67.3 Å². The fourth-order valence-electron chi connectivity index (χ4n) is 3.39. The van der Waals surface area contributed by atoms with Crippen molar-refractivity contribution < 1.29 is 13.2 Å². The van der Waals surface area contributed by atoms with E-state index in [1.54, 1.807) is 18.3 Å². The van der Waals surface area contributed by atoms with Gasteiger partial charge in [-0.05, 0) is 31.9 Å². The molecule has 7 nitrogen and oxygen atoms in total. The first kappa shape index (κ1) is 23.1. The molecule has 0 aromatic carbocycles. The van der Waals surface area contributed by atoms with Gasteiger partial charge in [0.2, 0.25) is 15.9 Å². The number of halogens is 2. The predicted molar refractivity (Wildman–Crippen MR) is 104 cm³/mol. The first-order valence-corrected chi connectivity index (χ1v) is 9.85. The number of carbonyl (C=O) groups excluding carboxylic acids is 1. The van der Waals surface area contributed by atoms with Crippen LogP contribution in [0.2, 0.25) is 0 Å². The number of piperazine rings is 1. The Kier molecular flexibility index (Phi) is 8.75. The molecule has 0 radical (unpaired) electrons. The van der Waals surface area contributed by atoms with Gasteiger partial charge in [-0.2, -0.15) is 4.31 Å². The fourth-order valence-corrected chi connectivity index (χ4v) is 4.83. The zero-order valence-electron chi connectivity index (χ0n) is 14.7. The van der Waals surface area contributed by atoms with Gasteiger partial charge in [-0.3, -0.25) is 9.78 Å². The van der Waals surface area contributed by atoms with E-state index in [1.165, 1.54) is 10.5 Å². The summed E-state index contributed by atoms with van der Waals surface area (Å²) >= 11 is 0. The highest BCUT2D eigenvalue weighted by molar-refractivity contribution is 7.89. The molecule has 1 amide bonds. The standard InChI is InChI=1S/C16H24N4O3S.2ClH/c1-13-11-18-7-10-20(13)16(21)14-4-8-19(9-5-14)24(22,23)15-3-2-6-17-12-15;;/h2-3,6,12-14,18H,4-5,7-11H2,1H3;2*1H/t13-;;/m0../s1. The van der Waals surface area contributed by atoms with Crippen molar-refractivity contribution in [2.45, 2.75) is 30.7 Å². The number of sulfonamides is 1. The molecule has 0 spiro atoms. The Bertz CT molecular complexity index is 682. The lowest BCUT2D eigenvalue weighted by atomic mass is 9.95. The Morgan fingerprint density at radius 1 is 1.23 bits per heavy atom. The SMILES string of the molecule is C[C@H]1CNCCN1C(=O)C1CCN(S(=O)(=O)c2cccnc2)CC1.Cl.Cl. The predicted octanol–water partition coefficient (Wildman–Crippen LogP) is 1.15. The Morgan fingerprint density at radius 3 is 2.50 bits per heavy atom. The molecular formula is C16H26Cl2N4O3S. The summed E-state index contributed by atoms with van der Waals surface area (Å²) in [6.07, 6.45) is 4.08. The summed E-state index contributed by atoms with van der Waals surface area (Å²) in [6, 6.07) is 3.38. The first-order valence-electron chi connectivity index (χ1n) is 8.41. The van der Waals surface area contributed by atoms with Gasteiger partial charge in [-0.25, -0.2) is 8.42 Å². The molecule has 1 atom stereocenters. The third kappa shape index (κ3) is 4.86. The van der Waals surface area contributed by atoms with E-state index < -0.39 is 10.0 Å². The van der Waals surface area contributed by atoms with Crippen LogP contribution in [-0.2, 0) is 14.8 Å². The molecule has 10 heteroatoms. The topological polar surface area (TPSA) is 82.6 Å². The summed E-state index contributed by atoms with van der Waals surface area (Å²) in [5, 5.41) is 3.28. The maximum Gasteiger partial charge on any atom is 0.244 e. The van der Waals surface area contributed by atoms with Gasteiger partial charge in [-0.1, -0.05) is 0 Å². The van der Waals surface area contributed by atoms with E-state index in [0.29, 0.717) is 25.9 Å². The zero-order chi connectivity index (χ0) is 17.2. The monoisotopic (exact) mass is 424 g/mol. The lowest BCUT2D eigenvalue weighted by Crippen LogP contribution is -2.55. The maximum absolute atomic E-state index is 12.7. The average Bonchev–Trinajstić information content (AvgIpc) is 2.62. The van der Waals surface area contributed by atoms with E-state index >= 15 is 0 Å². The Morgan fingerprint density at radius 2 is 1.92 bits per heavy atom. The van der Waals surface area contributed by atoms with Crippen molar-refractivity contribution in [3.8, 4) is 0 Å². The van der Waals surface area contributed by atoms with Gasteiger partial charge < -0.3 is 10.2 Å². The van der Waals surface area contributed by atoms with Crippen molar-refractivity contribution in [1.82, 2.24) is 19.5 Å². The highest BCUT2D eigenvalue weighted by Gasteiger charge is 2.35. The molecule has 3 heterocycles. The van der Waals surface area contributed by atoms with Gasteiger partial charge in [0, 0.05) is 57.1 Å². The molecule has 1 aromatic heterocycles. The van der Waals surface area contributed by atoms with Crippen LogP contribution < -0.4 is 5.32 Å². The molecule has 148 valence electrons. The van der Waals surface area contributed by atoms with Gasteiger partial charge in [0.1, 0.15) is 4.90 Å². The van der Waals surface area contributed by atoms with E-state index in [1.807, 2.05) is 11.8 Å². The number of nitrogens with one attached hydrogen (secondary N) is 1. The van der Waals surface area contributed by atoms with Crippen LogP contribution in [0.4, 0.5) is 0 Å². The van der Waals surface area contributed by atoms with Gasteiger partial charge in [-0.15, -0.1) is 24.8 Å². The molecule has 2 saturated heterocycles. The number of amides is 1. The second-order valence-corrected chi connectivity index (χ2v) is 8.39. The minimum atomic E-state index is -3.51. The average molecular weight is 425 g/mol. The summed E-state index contributed by atoms with van der Waals surface area (Å²) in [7, 11) is -3.51. The Hall–Kier alpha value is -0.930. The van der Waals surface area contributed by atoms with Crippen LogP contribution in [0.3, 0.4) is 0 Å². The summed E-state index contributed by atoms with van der Waals surface area (Å²) in [5.74, 6) is 0.0910. The normalized spacial score (nSPS) is 22.2. The van der Waals surface area contributed by atoms with Crippen molar-refractivity contribution >= 4 is 40.7 Å².